The summed E-state index contributed by atoms with van der Waals surface area (Å²) in [6.07, 6.45) is 4.05. The number of hydrogen-bond acceptors (Lipinski definition) is 6. The van der Waals surface area contributed by atoms with Crippen molar-refractivity contribution in [2.75, 3.05) is 50.7 Å². The quantitative estimate of drug-likeness (QED) is 0.749. The van der Waals surface area contributed by atoms with E-state index in [2.05, 4.69) is 20.2 Å². The van der Waals surface area contributed by atoms with Crippen molar-refractivity contribution >= 4 is 11.8 Å². The van der Waals surface area contributed by atoms with Crippen molar-refractivity contribution in [3.63, 3.8) is 0 Å². The molecule has 0 aliphatic carbocycles. The smallest absolute Gasteiger partial charge is 0.227 e. The molecule has 0 spiro atoms. The average molecular weight is 308 g/mol. The monoisotopic (exact) mass is 308 g/mol. The fourth-order valence-electron chi connectivity index (χ4n) is 3.20. The standard InChI is InChI=1S/C16H28N4O2/c1-13-10-14(17-2)19-15(18-13)20-8-4-6-16(11-20,12-21)7-5-9-22-3/h10,21H,4-9,11-12H2,1-3H3,(H,17,18,19). The largest absolute Gasteiger partial charge is 0.396 e. The molecular formula is C16H28N4O2. The number of methoxy groups -OCH3 is 1. The van der Waals surface area contributed by atoms with Crippen molar-refractivity contribution in [1.82, 2.24) is 9.97 Å². The molecule has 2 N–H and O–H groups in total. The summed E-state index contributed by atoms with van der Waals surface area (Å²) in [5, 5.41) is 13.0. The number of aliphatic hydroxyl groups is 1. The van der Waals surface area contributed by atoms with Crippen molar-refractivity contribution < 1.29 is 9.84 Å². The highest BCUT2D eigenvalue weighted by Crippen LogP contribution is 2.35. The molecule has 124 valence electrons. The molecule has 0 saturated carbocycles. The van der Waals surface area contributed by atoms with Crippen LogP contribution in [0.5, 0.6) is 0 Å². The molecule has 1 fully saturated rings. The molecule has 6 heteroatoms. The Balaban J connectivity index is 2.13. The molecule has 0 bridgehead atoms. The van der Waals surface area contributed by atoms with Gasteiger partial charge < -0.3 is 20.1 Å². The summed E-state index contributed by atoms with van der Waals surface area (Å²) < 4.78 is 5.15. The second-order valence-electron chi connectivity index (χ2n) is 6.22. The van der Waals surface area contributed by atoms with Crippen LogP contribution in [0.2, 0.25) is 0 Å². The van der Waals surface area contributed by atoms with Crippen LogP contribution in [0.15, 0.2) is 6.07 Å². The maximum absolute atomic E-state index is 9.94. The number of nitrogens with one attached hydrogen (secondary N) is 1. The molecule has 6 nitrogen and oxygen atoms in total. The molecule has 2 rings (SSSR count). The topological polar surface area (TPSA) is 70.5 Å². The molecule has 0 aromatic carbocycles. The van der Waals surface area contributed by atoms with E-state index in [-0.39, 0.29) is 12.0 Å². The van der Waals surface area contributed by atoms with Gasteiger partial charge in [0.25, 0.3) is 0 Å². The number of aromatic nitrogens is 2. The summed E-state index contributed by atoms with van der Waals surface area (Å²) in [6.45, 7) is 4.68. The van der Waals surface area contributed by atoms with Crippen LogP contribution in [0, 0.1) is 12.3 Å². The molecule has 0 radical (unpaired) electrons. The van der Waals surface area contributed by atoms with Gasteiger partial charge in [0.15, 0.2) is 0 Å². The third-order valence-electron chi connectivity index (χ3n) is 4.43. The highest BCUT2D eigenvalue weighted by Gasteiger charge is 2.35. The number of anilines is 2. The highest BCUT2D eigenvalue weighted by molar-refractivity contribution is 5.43. The SMILES string of the molecule is CNc1cc(C)nc(N2CCCC(CO)(CCCOC)C2)n1. The summed E-state index contributed by atoms with van der Waals surface area (Å²) in [7, 11) is 3.59. The van der Waals surface area contributed by atoms with E-state index in [1.54, 1.807) is 7.11 Å². The number of ether oxygens (including phenoxy) is 1. The second kappa shape index (κ2) is 7.74. The Bertz CT molecular complexity index is 483. The zero-order valence-corrected chi connectivity index (χ0v) is 13.9. The van der Waals surface area contributed by atoms with E-state index < -0.39 is 0 Å². The van der Waals surface area contributed by atoms with E-state index in [0.717, 1.165) is 62.8 Å². The van der Waals surface area contributed by atoms with Gasteiger partial charge in [0, 0.05) is 51.0 Å². The van der Waals surface area contributed by atoms with Gasteiger partial charge >= 0.3 is 0 Å². The lowest BCUT2D eigenvalue weighted by molar-refractivity contribution is 0.0818. The lowest BCUT2D eigenvalue weighted by Crippen LogP contribution is -2.46. The molecular weight excluding hydrogens is 280 g/mol. The van der Waals surface area contributed by atoms with Crippen LogP contribution in [0.3, 0.4) is 0 Å². The van der Waals surface area contributed by atoms with Crippen molar-refractivity contribution in [3.05, 3.63) is 11.8 Å². The zero-order valence-electron chi connectivity index (χ0n) is 13.9. The second-order valence-corrected chi connectivity index (χ2v) is 6.22. The van der Waals surface area contributed by atoms with Gasteiger partial charge in [-0.2, -0.15) is 4.98 Å². The minimum absolute atomic E-state index is 0.0658. The fraction of sp³-hybridized carbons (Fsp3) is 0.750. The van der Waals surface area contributed by atoms with Crippen LogP contribution in [0.4, 0.5) is 11.8 Å². The van der Waals surface area contributed by atoms with Crippen LogP contribution in [0.1, 0.15) is 31.4 Å². The fourth-order valence-corrected chi connectivity index (χ4v) is 3.20. The molecule has 1 aliphatic rings. The first kappa shape index (κ1) is 17.0. The maximum atomic E-state index is 9.94. The predicted molar refractivity (Wildman–Crippen MR) is 88.4 cm³/mol. The van der Waals surface area contributed by atoms with Gasteiger partial charge in [0.1, 0.15) is 5.82 Å². The molecule has 1 unspecified atom stereocenters. The van der Waals surface area contributed by atoms with Crippen molar-refractivity contribution in [1.29, 1.82) is 0 Å². The third kappa shape index (κ3) is 4.08. The van der Waals surface area contributed by atoms with Crippen LogP contribution < -0.4 is 10.2 Å². The number of rotatable bonds is 7. The highest BCUT2D eigenvalue weighted by atomic mass is 16.5. The van der Waals surface area contributed by atoms with Crippen LogP contribution in [-0.2, 0) is 4.74 Å². The normalized spacial score (nSPS) is 21.9. The van der Waals surface area contributed by atoms with Gasteiger partial charge in [0.05, 0.1) is 6.61 Å². The van der Waals surface area contributed by atoms with Gasteiger partial charge in [-0.25, -0.2) is 4.98 Å². The number of piperidine rings is 1. The first-order chi connectivity index (χ1) is 10.6. The summed E-state index contributed by atoms with van der Waals surface area (Å²) in [6, 6.07) is 1.94. The first-order valence-corrected chi connectivity index (χ1v) is 8.01. The van der Waals surface area contributed by atoms with E-state index in [1.807, 2.05) is 20.0 Å². The molecule has 1 aliphatic heterocycles. The Morgan fingerprint density at radius 3 is 2.95 bits per heavy atom. The number of nitrogens with zero attached hydrogens (tertiary/aromatic N) is 3. The predicted octanol–water partition coefficient (Wildman–Crippen LogP) is 1.83. The average Bonchev–Trinajstić information content (AvgIpc) is 2.54. The zero-order chi connectivity index (χ0) is 16.0. The van der Waals surface area contributed by atoms with Crippen LogP contribution >= 0.6 is 0 Å². The Morgan fingerprint density at radius 1 is 1.45 bits per heavy atom. The van der Waals surface area contributed by atoms with Crippen molar-refractivity contribution in [2.45, 2.75) is 32.6 Å². The molecule has 2 heterocycles. The van der Waals surface area contributed by atoms with Crippen LogP contribution in [0.25, 0.3) is 0 Å². The minimum atomic E-state index is -0.0658. The third-order valence-corrected chi connectivity index (χ3v) is 4.43. The van der Waals surface area contributed by atoms with Crippen molar-refractivity contribution in [3.8, 4) is 0 Å². The molecule has 0 amide bonds. The van der Waals surface area contributed by atoms with Gasteiger partial charge in [0.2, 0.25) is 5.95 Å². The maximum Gasteiger partial charge on any atom is 0.227 e. The summed E-state index contributed by atoms with van der Waals surface area (Å²) in [5.41, 5.74) is 0.887. The Kier molecular flexibility index (Phi) is 5.97. The Labute approximate surface area is 132 Å². The number of aliphatic hydroxyl groups excluding tert-OH is 1. The molecule has 1 aromatic rings. The lowest BCUT2D eigenvalue weighted by Gasteiger charge is -2.42. The Morgan fingerprint density at radius 2 is 2.27 bits per heavy atom. The molecule has 1 aromatic heterocycles. The Hall–Kier alpha value is -1.40. The minimum Gasteiger partial charge on any atom is -0.396 e. The first-order valence-electron chi connectivity index (χ1n) is 8.01. The number of hydrogen-bond donors (Lipinski definition) is 2. The molecule has 22 heavy (non-hydrogen) atoms. The van der Waals surface area contributed by atoms with E-state index in [4.69, 9.17) is 4.74 Å². The number of aryl methyl sites for hydroxylation is 1. The van der Waals surface area contributed by atoms with Crippen LogP contribution in [-0.4, -0.2) is 55.5 Å². The molecule has 1 atom stereocenters. The summed E-state index contributed by atoms with van der Waals surface area (Å²) in [5.74, 6) is 1.59. The van der Waals surface area contributed by atoms with Crippen molar-refractivity contribution in [2.24, 2.45) is 5.41 Å². The van der Waals surface area contributed by atoms with E-state index in [0.29, 0.717) is 0 Å². The van der Waals surface area contributed by atoms with Gasteiger partial charge in [-0.3, -0.25) is 0 Å². The van der Waals surface area contributed by atoms with Gasteiger partial charge in [-0.1, -0.05) is 0 Å². The van der Waals surface area contributed by atoms with Gasteiger partial charge in [-0.15, -0.1) is 0 Å². The van der Waals surface area contributed by atoms with E-state index >= 15 is 0 Å². The van der Waals surface area contributed by atoms with Gasteiger partial charge in [-0.05, 0) is 32.6 Å². The van der Waals surface area contributed by atoms with E-state index in [1.165, 1.54) is 0 Å². The summed E-state index contributed by atoms with van der Waals surface area (Å²) >= 11 is 0. The lowest BCUT2D eigenvalue weighted by atomic mass is 9.77. The van der Waals surface area contributed by atoms with E-state index in [9.17, 15) is 5.11 Å². The molecule has 1 saturated heterocycles. The summed E-state index contributed by atoms with van der Waals surface area (Å²) in [4.78, 5) is 11.3.